The van der Waals surface area contributed by atoms with Crippen molar-refractivity contribution in [1.82, 2.24) is 19.9 Å². The Balaban J connectivity index is 1.50. The summed E-state index contributed by atoms with van der Waals surface area (Å²) in [6.45, 7) is 2.90. The Bertz CT molecular complexity index is 1070. The van der Waals surface area contributed by atoms with Crippen molar-refractivity contribution in [3.8, 4) is 28.4 Å². The van der Waals surface area contributed by atoms with Crippen LogP contribution in [0.4, 0.5) is 0 Å². The van der Waals surface area contributed by atoms with E-state index >= 15 is 0 Å². The van der Waals surface area contributed by atoms with Crippen LogP contribution in [-0.2, 0) is 19.4 Å². The van der Waals surface area contributed by atoms with Crippen LogP contribution >= 0.6 is 0 Å². The van der Waals surface area contributed by atoms with Crippen LogP contribution in [0.25, 0.3) is 22.6 Å². The predicted octanol–water partition coefficient (Wildman–Crippen LogP) is 4.41. The largest absolute Gasteiger partial charge is 0.497 e. The van der Waals surface area contributed by atoms with Gasteiger partial charge in [-0.1, -0.05) is 35.5 Å². The van der Waals surface area contributed by atoms with Crippen LogP contribution in [0.3, 0.4) is 0 Å². The topological polar surface area (TPSA) is 66.0 Å². The average Bonchev–Trinajstić information content (AvgIpc) is 3.42. The summed E-state index contributed by atoms with van der Waals surface area (Å²) in [7, 11) is 1.67. The molecular formula is C22H22N4O2. The van der Waals surface area contributed by atoms with E-state index < -0.39 is 0 Å². The number of ether oxygens (including phenoxy) is 1. The van der Waals surface area contributed by atoms with E-state index in [1.165, 1.54) is 5.56 Å². The first-order valence-corrected chi connectivity index (χ1v) is 9.35. The highest BCUT2D eigenvalue weighted by Crippen LogP contribution is 2.25. The summed E-state index contributed by atoms with van der Waals surface area (Å²) < 4.78 is 12.7. The van der Waals surface area contributed by atoms with Crippen molar-refractivity contribution in [3.05, 3.63) is 72.2 Å². The van der Waals surface area contributed by atoms with Crippen LogP contribution < -0.4 is 4.74 Å². The van der Waals surface area contributed by atoms with E-state index in [1.807, 2.05) is 47.3 Å². The Hall–Kier alpha value is -3.41. The second-order valence-corrected chi connectivity index (χ2v) is 6.48. The zero-order valence-electron chi connectivity index (χ0n) is 16.0. The Kier molecular flexibility index (Phi) is 5.19. The Morgan fingerprint density at radius 2 is 1.86 bits per heavy atom. The molecular weight excluding hydrogens is 352 g/mol. The summed E-state index contributed by atoms with van der Waals surface area (Å²) in [6.07, 6.45) is 3.31. The van der Waals surface area contributed by atoms with Gasteiger partial charge in [-0.15, -0.1) is 0 Å². The molecule has 0 radical (unpaired) electrons. The molecule has 4 rings (SSSR count). The van der Waals surface area contributed by atoms with Crippen molar-refractivity contribution in [2.24, 2.45) is 0 Å². The molecule has 6 nitrogen and oxygen atoms in total. The molecule has 0 bridgehead atoms. The van der Waals surface area contributed by atoms with Crippen molar-refractivity contribution in [1.29, 1.82) is 0 Å². The molecule has 2 heterocycles. The van der Waals surface area contributed by atoms with Crippen LogP contribution in [0.5, 0.6) is 5.75 Å². The van der Waals surface area contributed by atoms with Crippen molar-refractivity contribution in [2.45, 2.75) is 26.3 Å². The van der Waals surface area contributed by atoms with E-state index in [-0.39, 0.29) is 0 Å². The summed E-state index contributed by atoms with van der Waals surface area (Å²) in [4.78, 5) is 4.57. The van der Waals surface area contributed by atoms with Gasteiger partial charge in [0.15, 0.2) is 0 Å². The van der Waals surface area contributed by atoms with Crippen molar-refractivity contribution >= 4 is 0 Å². The van der Waals surface area contributed by atoms with Gasteiger partial charge >= 0.3 is 0 Å². The lowest BCUT2D eigenvalue weighted by molar-refractivity contribution is 0.378. The Labute approximate surface area is 163 Å². The average molecular weight is 374 g/mol. The molecule has 142 valence electrons. The molecule has 0 N–H and O–H groups in total. The number of methoxy groups -OCH3 is 1. The van der Waals surface area contributed by atoms with E-state index in [0.717, 1.165) is 35.5 Å². The summed E-state index contributed by atoms with van der Waals surface area (Å²) in [5.41, 5.74) is 4.26. The predicted molar refractivity (Wildman–Crippen MR) is 107 cm³/mol. The second-order valence-electron chi connectivity index (χ2n) is 6.48. The molecule has 0 saturated heterocycles. The van der Waals surface area contributed by atoms with Gasteiger partial charge < -0.3 is 9.26 Å². The number of hydrogen-bond donors (Lipinski definition) is 0. The SMILES string of the molecule is CCn1nccc1-c1cccc(-c2noc(CCc3cccc(OC)c3)n2)c1. The second kappa shape index (κ2) is 8.08. The fourth-order valence-electron chi connectivity index (χ4n) is 3.20. The van der Waals surface area contributed by atoms with Gasteiger partial charge in [-0.3, -0.25) is 4.68 Å². The molecule has 0 aliphatic heterocycles. The fraction of sp³-hybridized carbons (Fsp3) is 0.227. The smallest absolute Gasteiger partial charge is 0.227 e. The molecule has 0 aliphatic rings. The molecule has 0 saturated carbocycles. The Morgan fingerprint density at radius 1 is 1.00 bits per heavy atom. The zero-order chi connectivity index (χ0) is 19.3. The van der Waals surface area contributed by atoms with Gasteiger partial charge in [0, 0.05) is 30.3 Å². The molecule has 0 atom stereocenters. The molecule has 0 aliphatic carbocycles. The molecule has 4 aromatic rings. The van der Waals surface area contributed by atoms with E-state index in [0.29, 0.717) is 18.1 Å². The van der Waals surface area contributed by atoms with Gasteiger partial charge in [0.05, 0.1) is 12.8 Å². The first kappa shape index (κ1) is 18.0. The molecule has 0 fully saturated rings. The maximum absolute atomic E-state index is 5.46. The number of nitrogens with zero attached hydrogens (tertiary/aromatic N) is 4. The summed E-state index contributed by atoms with van der Waals surface area (Å²) in [6, 6.07) is 18.2. The summed E-state index contributed by atoms with van der Waals surface area (Å²) >= 11 is 0. The first-order chi connectivity index (χ1) is 13.8. The molecule has 6 heteroatoms. The molecule has 0 unspecified atom stereocenters. The van der Waals surface area contributed by atoms with Crippen molar-refractivity contribution in [2.75, 3.05) is 7.11 Å². The van der Waals surface area contributed by atoms with Gasteiger partial charge in [0.25, 0.3) is 0 Å². The number of benzene rings is 2. The first-order valence-electron chi connectivity index (χ1n) is 9.35. The maximum atomic E-state index is 5.46. The number of rotatable bonds is 7. The van der Waals surface area contributed by atoms with Crippen LogP contribution in [0.2, 0.25) is 0 Å². The van der Waals surface area contributed by atoms with Crippen LogP contribution in [0.15, 0.2) is 65.3 Å². The van der Waals surface area contributed by atoms with E-state index in [1.54, 1.807) is 7.11 Å². The Morgan fingerprint density at radius 3 is 2.71 bits per heavy atom. The van der Waals surface area contributed by atoms with E-state index in [4.69, 9.17) is 9.26 Å². The van der Waals surface area contributed by atoms with Gasteiger partial charge in [-0.25, -0.2) is 0 Å². The van der Waals surface area contributed by atoms with Gasteiger partial charge in [-0.05, 0) is 43.2 Å². The molecule has 0 spiro atoms. The summed E-state index contributed by atoms with van der Waals surface area (Å²) in [5, 5.41) is 8.51. The van der Waals surface area contributed by atoms with Gasteiger partial charge in [0.1, 0.15) is 5.75 Å². The molecule has 2 aromatic carbocycles. The third-order valence-corrected chi connectivity index (χ3v) is 4.66. The quantitative estimate of drug-likeness (QED) is 0.479. The lowest BCUT2D eigenvalue weighted by atomic mass is 10.1. The van der Waals surface area contributed by atoms with Gasteiger partial charge in [0.2, 0.25) is 11.7 Å². The van der Waals surface area contributed by atoms with Crippen molar-refractivity contribution < 1.29 is 9.26 Å². The minimum atomic E-state index is 0.602. The molecule has 28 heavy (non-hydrogen) atoms. The van der Waals surface area contributed by atoms with Gasteiger partial charge in [-0.2, -0.15) is 10.1 Å². The monoisotopic (exact) mass is 374 g/mol. The summed E-state index contributed by atoms with van der Waals surface area (Å²) in [5.74, 6) is 2.08. The molecule has 0 amide bonds. The highest BCUT2D eigenvalue weighted by molar-refractivity contribution is 5.67. The maximum Gasteiger partial charge on any atom is 0.227 e. The highest BCUT2D eigenvalue weighted by Gasteiger charge is 2.11. The lowest BCUT2D eigenvalue weighted by Crippen LogP contribution is -1.98. The number of aromatic nitrogens is 4. The fourth-order valence-corrected chi connectivity index (χ4v) is 3.20. The van der Waals surface area contributed by atoms with E-state index in [9.17, 15) is 0 Å². The third kappa shape index (κ3) is 3.81. The van der Waals surface area contributed by atoms with E-state index in [2.05, 4.69) is 40.4 Å². The zero-order valence-corrected chi connectivity index (χ0v) is 16.0. The van der Waals surface area contributed by atoms with Crippen LogP contribution in [-0.4, -0.2) is 27.0 Å². The highest BCUT2D eigenvalue weighted by atomic mass is 16.5. The normalized spacial score (nSPS) is 10.9. The lowest BCUT2D eigenvalue weighted by Gasteiger charge is -2.05. The third-order valence-electron chi connectivity index (χ3n) is 4.66. The van der Waals surface area contributed by atoms with Crippen LogP contribution in [0, 0.1) is 0 Å². The minimum Gasteiger partial charge on any atom is -0.497 e. The molecule has 2 aromatic heterocycles. The number of hydrogen-bond acceptors (Lipinski definition) is 5. The van der Waals surface area contributed by atoms with Crippen molar-refractivity contribution in [3.63, 3.8) is 0 Å². The standard InChI is InChI=1S/C22H22N4O2/c1-3-26-20(12-13-23-26)17-7-5-8-18(15-17)22-24-21(28-25-22)11-10-16-6-4-9-19(14-16)27-2/h4-9,12-15H,3,10-11H2,1-2H3. The number of aryl methyl sites for hydroxylation is 3. The minimum absolute atomic E-state index is 0.602. The van der Waals surface area contributed by atoms with Crippen LogP contribution in [0.1, 0.15) is 18.4 Å².